The maximum absolute atomic E-state index is 14.4. The van der Waals surface area contributed by atoms with Gasteiger partial charge in [-0.1, -0.05) is 18.2 Å². The minimum absolute atomic E-state index is 0.0597. The summed E-state index contributed by atoms with van der Waals surface area (Å²) in [6.45, 7) is 1.11. The summed E-state index contributed by atoms with van der Waals surface area (Å²) in [6, 6.07) is 4.65. The molecule has 0 aromatic heterocycles. The van der Waals surface area contributed by atoms with Gasteiger partial charge in [-0.15, -0.1) is 0 Å². The summed E-state index contributed by atoms with van der Waals surface area (Å²) < 4.78 is 50.7. The minimum Gasteiger partial charge on any atom is -0.344 e. The zero-order valence-electron chi connectivity index (χ0n) is 11.3. The van der Waals surface area contributed by atoms with Crippen molar-refractivity contribution in [1.82, 2.24) is 10.6 Å². The van der Waals surface area contributed by atoms with Gasteiger partial charge in [0.15, 0.2) is 0 Å². The van der Waals surface area contributed by atoms with E-state index in [4.69, 9.17) is 0 Å². The van der Waals surface area contributed by atoms with E-state index in [1.54, 1.807) is 17.4 Å². The summed E-state index contributed by atoms with van der Waals surface area (Å²) in [4.78, 5) is 10.8. The van der Waals surface area contributed by atoms with Crippen LogP contribution in [0.4, 0.5) is 17.6 Å². The quantitative estimate of drug-likeness (QED) is 0.842. The second-order valence-electron chi connectivity index (χ2n) is 5.03. The van der Waals surface area contributed by atoms with E-state index >= 15 is 0 Å². The lowest BCUT2D eigenvalue weighted by molar-refractivity contribution is -0.173. The number of piperidine rings is 1. The van der Waals surface area contributed by atoms with E-state index in [2.05, 4.69) is 5.32 Å². The van der Waals surface area contributed by atoms with E-state index in [0.717, 1.165) is 25.9 Å². The first kappa shape index (κ1) is 15.8. The molecule has 1 fully saturated rings. The fraction of sp³-hybridized carbons (Fsp3) is 0.500. The molecule has 1 aliphatic rings. The van der Waals surface area contributed by atoms with E-state index < -0.39 is 24.4 Å². The van der Waals surface area contributed by atoms with Crippen LogP contribution in [-0.2, 0) is 11.3 Å². The van der Waals surface area contributed by atoms with Gasteiger partial charge in [0.2, 0.25) is 0 Å². The van der Waals surface area contributed by atoms with Crippen LogP contribution in [0.15, 0.2) is 18.2 Å². The molecule has 2 N–H and O–H groups in total. The molecule has 0 unspecified atom stereocenters. The van der Waals surface area contributed by atoms with Crippen molar-refractivity contribution < 1.29 is 22.4 Å². The van der Waals surface area contributed by atoms with Gasteiger partial charge in [-0.3, -0.25) is 4.79 Å². The van der Waals surface area contributed by atoms with Gasteiger partial charge in [-0.25, -0.2) is 4.39 Å². The molecule has 0 aliphatic carbocycles. The highest BCUT2D eigenvalue weighted by Gasteiger charge is 2.38. The largest absolute Gasteiger partial charge is 0.471 e. The van der Waals surface area contributed by atoms with E-state index in [0.29, 0.717) is 5.56 Å². The molecule has 2 rings (SSSR count). The zero-order valence-corrected chi connectivity index (χ0v) is 11.3. The molecular weight excluding hydrogens is 288 g/mol. The number of halogens is 4. The van der Waals surface area contributed by atoms with Gasteiger partial charge < -0.3 is 10.6 Å². The minimum atomic E-state index is -4.96. The standard InChI is InChI=1S/C14H16F4N2O/c15-12-10(8-20-13(21)14(16,17)18)2-1-3-11(12)9-4-6-19-7-5-9/h1-3,9,19H,4-8H2,(H,20,21). The summed E-state index contributed by atoms with van der Waals surface area (Å²) in [5.41, 5.74) is 0.582. The second kappa shape index (κ2) is 6.43. The summed E-state index contributed by atoms with van der Waals surface area (Å²) in [5.74, 6) is -2.52. The van der Waals surface area contributed by atoms with Crippen molar-refractivity contribution in [3.05, 3.63) is 35.1 Å². The number of carbonyl (C=O) groups is 1. The predicted molar refractivity (Wildman–Crippen MR) is 69.1 cm³/mol. The highest BCUT2D eigenvalue weighted by molar-refractivity contribution is 5.81. The molecule has 0 saturated carbocycles. The van der Waals surface area contributed by atoms with Crippen molar-refractivity contribution in [2.45, 2.75) is 31.5 Å². The van der Waals surface area contributed by atoms with Crippen LogP contribution < -0.4 is 10.6 Å². The molecule has 1 aliphatic heterocycles. The summed E-state index contributed by atoms with van der Waals surface area (Å²) in [7, 11) is 0. The van der Waals surface area contributed by atoms with E-state index in [-0.39, 0.29) is 11.5 Å². The van der Waals surface area contributed by atoms with Crippen molar-refractivity contribution in [2.75, 3.05) is 13.1 Å². The number of hydrogen-bond acceptors (Lipinski definition) is 2. The van der Waals surface area contributed by atoms with Crippen molar-refractivity contribution in [3.63, 3.8) is 0 Å². The Morgan fingerprint density at radius 1 is 1.29 bits per heavy atom. The number of amides is 1. The molecule has 0 atom stereocenters. The third kappa shape index (κ3) is 3.93. The van der Waals surface area contributed by atoms with Crippen LogP contribution in [0.3, 0.4) is 0 Å². The Kier molecular flexibility index (Phi) is 4.82. The van der Waals surface area contributed by atoms with Gasteiger partial charge in [0.1, 0.15) is 5.82 Å². The van der Waals surface area contributed by atoms with Gasteiger partial charge in [-0.2, -0.15) is 13.2 Å². The van der Waals surface area contributed by atoms with Crippen LogP contribution in [0.2, 0.25) is 0 Å². The van der Waals surface area contributed by atoms with Crippen LogP contribution in [0.5, 0.6) is 0 Å². The number of nitrogens with one attached hydrogen (secondary N) is 2. The van der Waals surface area contributed by atoms with Gasteiger partial charge in [-0.05, 0) is 37.4 Å². The van der Waals surface area contributed by atoms with Gasteiger partial charge in [0.05, 0.1) is 0 Å². The first-order valence-electron chi connectivity index (χ1n) is 6.72. The highest BCUT2D eigenvalue weighted by atomic mass is 19.4. The van der Waals surface area contributed by atoms with Crippen LogP contribution in [-0.4, -0.2) is 25.2 Å². The van der Waals surface area contributed by atoms with E-state index in [9.17, 15) is 22.4 Å². The lowest BCUT2D eigenvalue weighted by Crippen LogP contribution is -2.36. The summed E-state index contributed by atoms with van der Waals surface area (Å²) in [6.07, 6.45) is -3.38. The van der Waals surface area contributed by atoms with E-state index in [1.165, 1.54) is 6.07 Å². The molecule has 1 aromatic rings. The number of rotatable bonds is 3. The van der Waals surface area contributed by atoms with Crippen molar-refractivity contribution in [3.8, 4) is 0 Å². The van der Waals surface area contributed by atoms with Crippen LogP contribution in [0, 0.1) is 5.82 Å². The molecule has 3 nitrogen and oxygen atoms in total. The third-order valence-corrected chi connectivity index (χ3v) is 3.58. The molecule has 1 heterocycles. The van der Waals surface area contributed by atoms with Crippen molar-refractivity contribution in [2.24, 2.45) is 0 Å². The Bertz CT molecular complexity index is 510. The maximum Gasteiger partial charge on any atom is 0.471 e. The Labute approximate surface area is 119 Å². The molecule has 116 valence electrons. The van der Waals surface area contributed by atoms with Crippen molar-refractivity contribution >= 4 is 5.91 Å². The van der Waals surface area contributed by atoms with Crippen LogP contribution >= 0.6 is 0 Å². The normalized spacial score (nSPS) is 16.8. The monoisotopic (exact) mass is 304 g/mol. The number of carbonyl (C=O) groups excluding carboxylic acids is 1. The number of benzene rings is 1. The van der Waals surface area contributed by atoms with Crippen LogP contribution in [0.1, 0.15) is 29.9 Å². The molecule has 1 aromatic carbocycles. The topological polar surface area (TPSA) is 41.1 Å². The van der Waals surface area contributed by atoms with E-state index in [1.807, 2.05) is 0 Å². The zero-order chi connectivity index (χ0) is 15.5. The lowest BCUT2D eigenvalue weighted by atomic mass is 9.89. The lowest BCUT2D eigenvalue weighted by Gasteiger charge is -2.24. The third-order valence-electron chi connectivity index (χ3n) is 3.58. The fourth-order valence-corrected chi connectivity index (χ4v) is 2.46. The maximum atomic E-state index is 14.4. The summed E-state index contributed by atoms with van der Waals surface area (Å²) in [5, 5.41) is 4.86. The first-order valence-corrected chi connectivity index (χ1v) is 6.72. The van der Waals surface area contributed by atoms with Gasteiger partial charge in [0, 0.05) is 12.1 Å². The Hall–Kier alpha value is -1.63. The average Bonchev–Trinajstić information content (AvgIpc) is 2.46. The number of alkyl halides is 3. The Morgan fingerprint density at radius 3 is 2.57 bits per heavy atom. The Morgan fingerprint density at radius 2 is 1.95 bits per heavy atom. The Balaban J connectivity index is 2.09. The molecule has 0 bridgehead atoms. The van der Waals surface area contributed by atoms with Gasteiger partial charge in [0.25, 0.3) is 0 Å². The average molecular weight is 304 g/mol. The van der Waals surface area contributed by atoms with Crippen LogP contribution in [0.25, 0.3) is 0 Å². The molecule has 0 spiro atoms. The predicted octanol–water partition coefficient (Wildman–Crippen LogP) is 2.47. The first-order chi connectivity index (χ1) is 9.89. The summed E-state index contributed by atoms with van der Waals surface area (Å²) >= 11 is 0. The SMILES string of the molecule is O=C(NCc1cccc(C2CCNCC2)c1F)C(F)(F)F. The highest BCUT2D eigenvalue weighted by Crippen LogP contribution is 2.28. The van der Waals surface area contributed by atoms with Gasteiger partial charge >= 0.3 is 12.1 Å². The molecule has 1 saturated heterocycles. The second-order valence-corrected chi connectivity index (χ2v) is 5.03. The fourth-order valence-electron chi connectivity index (χ4n) is 2.46. The molecule has 0 radical (unpaired) electrons. The molecular formula is C14H16F4N2O. The number of hydrogen-bond donors (Lipinski definition) is 2. The van der Waals surface area contributed by atoms with Crippen molar-refractivity contribution in [1.29, 1.82) is 0 Å². The molecule has 7 heteroatoms. The molecule has 1 amide bonds. The smallest absolute Gasteiger partial charge is 0.344 e. The molecule has 21 heavy (non-hydrogen) atoms.